The lowest BCUT2D eigenvalue weighted by Gasteiger charge is -2.18. The molecular formula is C25H29NO4. The maximum atomic E-state index is 13.5. The Morgan fingerprint density at radius 2 is 1.60 bits per heavy atom. The first-order valence-electron chi connectivity index (χ1n) is 10.00. The average molecular weight is 408 g/mol. The third kappa shape index (κ3) is 3.80. The van der Waals surface area contributed by atoms with Crippen LogP contribution in [0.15, 0.2) is 46.3 Å². The molecule has 0 atom stereocenters. The van der Waals surface area contributed by atoms with E-state index in [0.29, 0.717) is 46.3 Å². The van der Waals surface area contributed by atoms with Crippen LogP contribution in [0.3, 0.4) is 0 Å². The summed E-state index contributed by atoms with van der Waals surface area (Å²) in [6, 6.07) is 5.32. The molecule has 5 nitrogen and oxygen atoms in total. The second-order valence-electron chi connectivity index (χ2n) is 7.90. The summed E-state index contributed by atoms with van der Waals surface area (Å²) < 4.78 is 11.2. The summed E-state index contributed by atoms with van der Waals surface area (Å²) in [5.74, 6) is 1.14. The molecule has 1 aromatic heterocycles. The van der Waals surface area contributed by atoms with Gasteiger partial charge in [-0.25, -0.2) is 0 Å². The lowest BCUT2D eigenvalue weighted by molar-refractivity contribution is 0.399. The van der Waals surface area contributed by atoms with Gasteiger partial charge < -0.3 is 19.6 Å². The minimum atomic E-state index is -0.227. The molecule has 3 rings (SSSR count). The van der Waals surface area contributed by atoms with E-state index in [1.165, 1.54) is 0 Å². The number of aromatic hydroxyl groups is 1. The Bertz CT molecular complexity index is 1220. The van der Waals surface area contributed by atoms with Crippen LogP contribution in [0.1, 0.15) is 38.8 Å². The van der Waals surface area contributed by atoms with Crippen LogP contribution in [0.25, 0.3) is 21.8 Å². The van der Waals surface area contributed by atoms with Gasteiger partial charge in [0.2, 0.25) is 5.43 Å². The molecule has 0 saturated heterocycles. The van der Waals surface area contributed by atoms with E-state index in [4.69, 9.17) is 9.47 Å². The van der Waals surface area contributed by atoms with Crippen LogP contribution in [0.5, 0.6) is 17.2 Å². The number of phenolic OH excluding ortho intramolecular Hbond substituents is 1. The number of aromatic amines is 1. The van der Waals surface area contributed by atoms with Crippen LogP contribution in [-0.4, -0.2) is 24.3 Å². The molecule has 158 valence electrons. The summed E-state index contributed by atoms with van der Waals surface area (Å²) in [6.07, 6.45) is 5.15. The van der Waals surface area contributed by atoms with Crippen LogP contribution >= 0.6 is 0 Å². The maximum Gasteiger partial charge on any atom is 0.201 e. The quantitative estimate of drug-likeness (QED) is 0.423. The zero-order chi connectivity index (χ0) is 22.0. The number of ether oxygens (including phenoxy) is 2. The first-order chi connectivity index (χ1) is 14.3. The van der Waals surface area contributed by atoms with Crippen molar-refractivity contribution in [3.05, 3.63) is 62.8 Å². The van der Waals surface area contributed by atoms with Gasteiger partial charge in [-0.05, 0) is 52.7 Å². The van der Waals surface area contributed by atoms with Crippen molar-refractivity contribution in [1.29, 1.82) is 0 Å². The number of H-pyrrole nitrogens is 1. The Morgan fingerprint density at radius 3 is 2.17 bits per heavy atom. The first kappa shape index (κ1) is 21.5. The number of methoxy groups -OCH3 is 2. The van der Waals surface area contributed by atoms with Crippen molar-refractivity contribution in [3.63, 3.8) is 0 Å². The van der Waals surface area contributed by atoms with Crippen molar-refractivity contribution < 1.29 is 14.6 Å². The van der Waals surface area contributed by atoms with E-state index < -0.39 is 0 Å². The maximum absolute atomic E-state index is 13.5. The van der Waals surface area contributed by atoms with Gasteiger partial charge in [-0.15, -0.1) is 0 Å². The van der Waals surface area contributed by atoms with Gasteiger partial charge in [0, 0.05) is 11.1 Å². The molecule has 0 aliphatic carbocycles. The number of fused-ring (bicyclic) bond motifs is 2. The molecule has 0 amide bonds. The van der Waals surface area contributed by atoms with Gasteiger partial charge >= 0.3 is 0 Å². The van der Waals surface area contributed by atoms with E-state index >= 15 is 0 Å². The van der Waals surface area contributed by atoms with Gasteiger partial charge in [-0.1, -0.05) is 29.4 Å². The Kier molecular flexibility index (Phi) is 6.20. The fourth-order valence-corrected chi connectivity index (χ4v) is 3.70. The van der Waals surface area contributed by atoms with E-state index in [9.17, 15) is 9.90 Å². The molecule has 5 heteroatoms. The van der Waals surface area contributed by atoms with E-state index in [2.05, 4.69) is 11.1 Å². The first-order valence-corrected chi connectivity index (χ1v) is 10.00. The Hall–Kier alpha value is -3.21. The third-order valence-corrected chi connectivity index (χ3v) is 5.22. The predicted octanol–water partition coefficient (Wildman–Crippen LogP) is 5.42. The fourth-order valence-electron chi connectivity index (χ4n) is 3.70. The van der Waals surface area contributed by atoms with Crippen molar-refractivity contribution in [3.8, 4) is 17.2 Å². The second-order valence-corrected chi connectivity index (χ2v) is 7.90. The highest BCUT2D eigenvalue weighted by molar-refractivity contribution is 6.01. The van der Waals surface area contributed by atoms with Gasteiger partial charge in [0.1, 0.15) is 17.2 Å². The predicted molar refractivity (Wildman–Crippen MR) is 123 cm³/mol. The summed E-state index contributed by atoms with van der Waals surface area (Å²) in [7, 11) is 3.17. The number of rotatable bonds is 6. The molecule has 0 bridgehead atoms. The highest BCUT2D eigenvalue weighted by atomic mass is 16.5. The number of hydrogen-bond donors (Lipinski definition) is 2. The zero-order valence-electron chi connectivity index (χ0n) is 18.5. The smallest absolute Gasteiger partial charge is 0.201 e. The minimum absolute atomic E-state index is 0.0359. The van der Waals surface area contributed by atoms with Gasteiger partial charge in [0.15, 0.2) is 0 Å². The molecule has 0 fully saturated rings. The molecule has 30 heavy (non-hydrogen) atoms. The molecule has 2 aromatic carbocycles. The van der Waals surface area contributed by atoms with E-state index in [1.807, 2.05) is 33.8 Å². The molecular weight excluding hydrogens is 378 g/mol. The zero-order valence-corrected chi connectivity index (χ0v) is 18.5. The molecule has 0 aliphatic rings. The van der Waals surface area contributed by atoms with Gasteiger partial charge in [0.25, 0.3) is 0 Å². The molecule has 3 aromatic rings. The van der Waals surface area contributed by atoms with E-state index in [-0.39, 0.29) is 16.6 Å². The van der Waals surface area contributed by atoms with Crippen LogP contribution in [0.2, 0.25) is 0 Å². The lowest BCUT2D eigenvalue weighted by atomic mass is 9.95. The Labute approximate surface area is 176 Å². The number of hydrogen-bond acceptors (Lipinski definition) is 4. The van der Waals surface area contributed by atoms with Crippen molar-refractivity contribution in [2.45, 2.75) is 40.5 Å². The van der Waals surface area contributed by atoms with E-state index in [0.717, 1.165) is 16.7 Å². The molecule has 1 heterocycles. The lowest BCUT2D eigenvalue weighted by Crippen LogP contribution is -2.10. The topological polar surface area (TPSA) is 71.6 Å². The molecule has 0 aliphatic heterocycles. The number of allylic oxidation sites excluding steroid dienone is 4. The molecule has 0 saturated carbocycles. The van der Waals surface area contributed by atoms with Crippen molar-refractivity contribution in [2.24, 2.45) is 0 Å². The van der Waals surface area contributed by atoms with Gasteiger partial charge in [0.05, 0.1) is 36.0 Å². The summed E-state index contributed by atoms with van der Waals surface area (Å²) in [4.78, 5) is 16.8. The summed E-state index contributed by atoms with van der Waals surface area (Å²) in [5.41, 5.74) is 4.70. The van der Waals surface area contributed by atoms with E-state index in [1.54, 1.807) is 32.4 Å². The summed E-state index contributed by atoms with van der Waals surface area (Å²) in [5, 5.41) is 11.9. The van der Waals surface area contributed by atoms with Crippen LogP contribution in [0.4, 0.5) is 0 Å². The summed E-state index contributed by atoms with van der Waals surface area (Å²) >= 11 is 0. The standard InChI is InChI=1S/C25H29NO4/c1-14(2)10-12-17-22-20(24(28)18(25(17)30-6)13-11-15(3)4)23(27)16-8-7-9-19(29-5)21(16)26-22/h7-11,28H,12-13H2,1-6H3,(H,26,27). The number of phenols is 1. The van der Waals surface area contributed by atoms with Crippen molar-refractivity contribution >= 4 is 21.8 Å². The molecule has 0 radical (unpaired) electrons. The van der Waals surface area contributed by atoms with Gasteiger partial charge in [-0.2, -0.15) is 0 Å². The number of pyridine rings is 1. The highest BCUT2D eigenvalue weighted by Gasteiger charge is 2.23. The molecule has 0 unspecified atom stereocenters. The monoisotopic (exact) mass is 407 g/mol. The SMILES string of the molecule is COc1c(CC=C(C)C)c(O)c2c(=O)c3cccc(OC)c3[nH]c2c1CC=C(C)C. The van der Waals surface area contributed by atoms with Crippen LogP contribution < -0.4 is 14.9 Å². The van der Waals surface area contributed by atoms with Crippen molar-refractivity contribution in [1.82, 2.24) is 4.98 Å². The largest absolute Gasteiger partial charge is 0.507 e. The normalized spacial score (nSPS) is 10.9. The molecule has 0 spiro atoms. The second kappa shape index (κ2) is 8.66. The minimum Gasteiger partial charge on any atom is -0.507 e. The van der Waals surface area contributed by atoms with Crippen molar-refractivity contribution in [2.75, 3.05) is 14.2 Å². The van der Waals surface area contributed by atoms with Gasteiger partial charge in [-0.3, -0.25) is 4.79 Å². The van der Waals surface area contributed by atoms with Crippen LogP contribution in [0, 0.1) is 0 Å². The number of benzene rings is 2. The highest BCUT2D eigenvalue weighted by Crippen LogP contribution is 2.40. The summed E-state index contributed by atoms with van der Waals surface area (Å²) in [6.45, 7) is 8.06. The van der Waals surface area contributed by atoms with Crippen LogP contribution in [-0.2, 0) is 12.8 Å². The number of nitrogens with one attached hydrogen (secondary N) is 1. The Morgan fingerprint density at radius 1 is 0.967 bits per heavy atom. The number of para-hydroxylation sites is 1. The fraction of sp³-hybridized carbons (Fsp3) is 0.320. The Balaban J connectivity index is 2.53. The molecule has 2 N–H and O–H groups in total. The third-order valence-electron chi connectivity index (χ3n) is 5.22. The average Bonchev–Trinajstić information content (AvgIpc) is 2.71. The number of aromatic nitrogens is 1.